The Morgan fingerprint density at radius 1 is 1.12 bits per heavy atom. The van der Waals surface area contributed by atoms with Gasteiger partial charge in [0.25, 0.3) is 0 Å². The van der Waals surface area contributed by atoms with E-state index in [1.807, 2.05) is 18.2 Å². The van der Waals surface area contributed by atoms with Crippen LogP contribution in [0, 0.1) is 24.2 Å². The summed E-state index contributed by atoms with van der Waals surface area (Å²) in [5.41, 5.74) is 11.3. The minimum absolute atomic E-state index is 0. The third-order valence-electron chi connectivity index (χ3n) is 7.44. The van der Waals surface area contributed by atoms with Crippen LogP contribution in [0.15, 0.2) is 24.3 Å². The molecular weight excluding hydrogens is 412 g/mol. The van der Waals surface area contributed by atoms with E-state index in [-0.39, 0.29) is 19.3 Å². The van der Waals surface area contributed by atoms with Gasteiger partial charge in [-0.2, -0.15) is 5.26 Å². The predicted octanol–water partition coefficient (Wildman–Crippen LogP) is 3.81. The van der Waals surface area contributed by atoms with Gasteiger partial charge in [0.1, 0.15) is 11.9 Å². The minimum Gasteiger partial charge on any atom is -0.369 e. The Morgan fingerprint density at radius 2 is 1.79 bits per heavy atom. The van der Waals surface area contributed by atoms with E-state index in [0.29, 0.717) is 11.5 Å². The average molecular weight is 447 g/mol. The number of piperidine rings is 2. The number of hydrogen-bond donors (Lipinski definition) is 1. The molecule has 0 spiro atoms. The number of primary amides is 1. The van der Waals surface area contributed by atoms with Crippen LogP contribution in [-0.2, 0) is 4.79 Å². The Labute approximate surface area is 195 Å². The first-order chi connectivity index (χ1) is 15.5. The third kappa shape index (κ3) is 3.83. The van der Waals surface area contributed by atoms with Crippen LogP contribution < -0.4 is 10.6 Å². The van der Waals surface area contributed by atoms with Crippen molar-refractivity contribution >= 4 is 28.4 Å². The van der Waals surface area contributed by atoms with Gasteiger partial charge in [-0.15, -0.1) is 0 Å². The molecule has 7 nitrogen and oxygen atoms in total. The molecule has 1 amide bonds. The number of amides is 1. The first-order valence-electron chi connectivity index (χ1n) is 11.6. The van der Waals surface area contributed by atoms with Gasteiger partial charge >= 0.3 is 0 Å². The number of nitrogens with two attached hydrogens (primary N) is 1. The quantitative estimate of drug-likeness (QED) is 0.661. The van der Waals surface area contributed by atoms with E-state index in [0.717, 1.165) is 79.9 Å². The molecule has 7 heteroatoms. The Bertz CT molecular complexity index is 1220. The highest BCUT2D eigenvalue weighted by atomic mass is 16.1. The van der Waals surface area contributed by atoms with E-state index in [9.17, 15) is 10.1 Å². The number of nitriles is 1. The highest BCUT2D eigenvalue weighted by molar-refractivity contribution is 5.86. The zero-order valence-corrected chi connectivity index (χ0v) is 18.8. The average Bonchev–Trinajstić information content (AvgIpc) is 3.18. The van der Waals surface area contributed by atoms with Gasteiger partial charge in [0.05, 0.1) is 16.6 Å². The molecule has 0 radical (unpaired) electrons. The van der Waals surface area contributed by atoms with Gasteiger partial charge in [0, 0.05) is 19.0 Å². The van der Waals surface area contributed by atoms with Crippen molar-refractivity contribution in [1.29, 1.82) is 5.26 Å². The molecule has 1 aromatic carbocycles. The lowest BCUT2D eigenvalue weighted by Crippen LogP contribution is -2.40. The third-order valence-corrected chi connectivity index (χ3v) is 7.44. The van der Waals surface area contributed by atoms with Crippen molar-refractivity contribution < 1.29 is 4.79 Å². The molecule has 2 aromatic heterocycles. The lowest BCUT2D eigenvalue weighted by molar-refractivity contribution is -0.122. The van der Waals surface area contributed by atoms with Crippen molar-refractivity contribution in [2.75, 3.05) is 38.1 Å². The number of rotatable bonds is 3. The first kappa shape index (κ1) is 23.1. The molecule has 0 unspecified atom stereocenters. The minimum atomic E-state index is -0.202. The monoisotopic (exact) mass is 446 g/mol. The summed E-state index contributed by atoms with van der Waals surface area (Å²) in [4.78, 5) is 21.4. The Hall–Kier alpha value is -3.11. The summed E-state index contributed by atoms with van der Waals surface area (Å²) < 4.78 is 2.17. The lowest BCUT2D eigenvalue weighted by atomic mass is 9.84. The Balaban J connectivity index is 0.00000259. The highest BCUT2D eigenvalue weighted by Crippen LogP contribution is 2.40. The van der Waals surface area contributed by atoms with Crippen LogP contribution in [0.2, 0.25) is 0 Å². The maximum Gasteiger partial charge on any atom is 0.220 e. The summed E-state index contributed by atoms with van der Waals surface area (Å²) in [5, 5.41) is 10.3. The molecule has 0 atom stereocenters. The smallest absolute Gasteiger partial charge is 0.220 e. The normalized spacial score (nSPS) is 18.4. The fourth-order valence-corrected chi connectivity index (χ4v) is 5.68. The van der Waals surface area contributed by atoms with E-state index in [1.165, 1.54) is 5.56 Å². The number of benzene rings is 1. The summed E-state index contributed by atoms with van der Waals surface area (Å²) in [6, 6.07) is 10.6. The van der Waals surface area contributed by atoms with Crippen LogP contribution in [0.5, 0.6) is 0 Å². The number of likely N-dealkylation sites (tertiary alicyclic amines) is 1. The van der Waals surface area contributed by atoms with Crippen molar-refractivity contribution in [1.82, 2.24) is 14.3 Å². The van der Waals surface area contributed by atoms with Gasteiger partial charge < -0.3 is 15.5 Å². The summed E-state index contributed by atoms with van der Waals surface area (Å²) in [7, 11) is 2.16. The van der Waals surface area contributed by atoms with Crippen molar-refractivity contribution in [3.63, 3.8) is 0 Å². The number of hydrogen-bond acceptors (Lipinski definition) is 5. The zero-order chi connectivity index (χ0) is 22.4. The number of carbonyl (C=O) groups is 1. The first-order valence-corrected chi connectivity index (χ1v) is 11.6. The number of para-hydroxylation sites is 2. The number of carbonyl (C=O) groups excluding carboxylic acids is 1. The summed E-state index contributed by atoms with van der Waals surface area (Å²) in [5.74, 6) is 1.21. The molecule has 3 aromatic rings. The van der Waals surface area contributed by atoms with Crippen LogP contribution >= 0.6 is 0 Å². The SMILES string of the molecule is C.Cc1c(C2CCN(C)CC2)c(C#N)c2nc3ccccc3n2c1N1CCC(C(N)=O)CC1. The maximum absolute atomic E-state index is 11.7. The molecule has 5 rings (SSSR count). The molecule has 33 heavy (non-hydrogen) atoms. The number of imidazole rings is 1. The van der Waals surface area contributed by atoms with Gasteiger partial charge in [-0.3, -0.25) is 9.20 Å². The Kier molecular flexibility index (Phi) is 6.31. The number of nitrogens with zero attached hydrogens (tertiary/aromatic N) is 5. The molecule has 2 N–H and O–H groups in total. The molecule has 0 saturated carbocycles. The van der Waals surface area contributed by atoms with Gasteiger partial charge in [-0.05, 0) is 81.9 Å². The number of fused-ring (bicyclic) bond motifs is 3. The fraction of sp³-hybridized carbons (Fsp3) is 0.500. The van der Waals surface area contributed by atoms with Crippen LogP contribution in [0.4, 0.5) is 5.82 Å². The van der Waals surface area contributed by atoms with Crippen molar-refractivity contribution in [2.45, 2.75) is 46.0 Å². The number of pyridine rings is 1. The Morgan fingerprint density at radius 3 is 2.42 bits per heavy atom. The lowest BCUT2D eigenvalue weighted by Gasteiger charge is -2.36. The number of anilines is 1. The van der Waals surface area contributed by atoms with Gasteiger partial charge in [0.2, 0.25) is 5.91 Å². The highest BCUT2D eigenvalue weighted by Gasteiger charge is 2.31. The topological polar surface area (TPSA) is 90.7 Å². The molecule has 2 fully saturated rings. The molecular formula is C26H34N6O. The maximum atomic E-state index is 11.7. The van der Waals surface area contributed by atoms with E-state index < -0.39 is 0 Å². The number of aromatic nitrogens is 2. The predicted molar refractivity (Wildman–Crippen MR) is 132 cm³/mol. The van der Waals surface area contributed by atoms with Crippen molar-refractivity contribution in [3.05, 3.63) is 41.0 Å². The summed E-state index contributed by atoms with van der Waals surface area (Å²) >= 11 is 0. The molecule has 0 aliphatic carbocycles. The second-order valence-corrected chi connectivity index (χ2v) is 9.35. The molecule has 2 aliphatic heterocycles. The molecule has 4 heterocycles. The van der Waals surface area contributed by atoms with E-state index >= 15 is 0 Å². The van der Waals surface area contributed by atoms with Crippen molar-refractivity contribution in [3.8, 4) is 6.07 Å². The van der Waals surface area contributed by atoms with E-state index in [2.05, 4.69) is 40.3 Å². The molecule has 174 valence electrons. The summed E-state index contributed by atoms with van der Waals surface area (Å²) in [6.45, 7) is 5.79. The van der Waals surface area contributed by atoms with Gasteiger partial charge in [-0.25, -0.2) is 4.98 Å². The zero-order valence-electron chi connectivity index (χ0n) is 18.8. The van der Waals surface area contributed by atoms with Crippen LogP contribution in [0.3, 0.4) is 0 Å². The summed E-state index contributed by atoms with van der Waals surface area (Å²) in [6.07, 6.45) is 3.61. The molecule has 2 saturated heterocycles. The second kappa shape index (κ2) is 9.03. The molecule has 0 bridgehead atoms. The van der Waals surface area contributed by atoms with Crippen LogP contribution in [0.1, 0.15) is 55.7 Å². The van der Waals surface area contributed by atoms with Crippen molar-refractivity contribution in [2.24, 2.45) is 11.7 Å². The molecule has 2 aliphatic rings. The van der Waals surface area contributed by atoms with E-state index in [4.69, 9.17) is 10.7 Å². The van der Waals surface area contributed by atoms with Gasteiger partial charge in [0.15, 0.2) is 5.65 Å². The van der Waals surface area contributed by atoms with Crippen LogP contribution in [0.25, 0.3) is 16.7 Å². The van der Waals surface area contributed by atoms with Gasteiger partial charge in [-0.1, -0.05) is 19.6 Å². The second-order valence-electron chi connectivity index (χ2n) is 9.35. The van der Waals surface area contributed by atoms with Crippen LogP contribution in [-0.4, -0.2) is 53.4 Å². The largest absolute Gasteiger partial charge is 0.369 e. The standard InChI is InChI=1S/C25H30N6O.CH4/c1-16-22(17-7-11-29(2)12-8-17)19(15-26)24-28-20-5-3-4-6-21(20)31(24)25(16)30-13-9-18(10-14-30)23(27)32;/h3-6,17-18H,7-14H2,1-2H3,(H2,27,32);1H4. The van der Waals surface area contributed by atoms with E-state index in [1.54, 1.807) is 0 Å². The fourth-order valence-electron chi connectivity index (χ4n) is 5.68.